The maximum atomic E-state index is 12.7. The first-order valence-electron chi connectivity index (χ1n) is 11.3. The summed E-state index contributed by atoms with van der Waals surface area (Å²) in [5, 5.41) is 2.86. The molecule has 0 atom stereocenters. The van der Waals surface area contributed by atoms with E-state index in [-0.39, 0.29) is 17.2 Å². The van der Waals surface area contributed by atoms with Gasteiger partial charge in [0.1, 0.15) is 0 Å². The van der Waals surface area contributed by atoms with Crippen LogP contribution in [0.2, 0.25) is 0 Å². The molecule has 1 amide bonds. The van der Waals surface area contributed by atoms with Gasteiger partial charge in [-0.05, 0) is 48.7 Å². The summed E-state index contributed by atoms with van der Waals surface area (Å²) in [4.78, 5) is 16.8. The minimum atomic E-state index is -3.52. The first-order chi connectivity index (χ1) is 16.3. The number of carbonyl (C=O) groups excluding carboxylic acids is 1. The fraction of sp³-hybridized carbons (Fsp3) is 0.360. The smallest absolute Gasteiger partial charge is 0.243 e. The highest BCUT2D eigenvalue weighted by atomic mass is 32.2. The molecule has 1 aliphatic heterocycles. The van der Waals surface area contributed by atoms with Gasteiger partial charge in [-0.1, -0.05) is 24.3 Å². The van der Waals surface area contributed by atoms with E-state index >= 15 is 0 Å². The number of aromatic nitrogens is 1. The van der Waals surface area contributed by atoms with Crippen molar-refractivity contribution in [1.29, 1.82) is 0 Å². The molecule has 9 heteroatoms. The Morgan fingerprint density at radius 1 is 1.06 bits per heavy atom. The lowest BCUT2D eigenvalue weighted by Crippen LogP contribution is -2.40. The number of nitrogens with zero attached hydrogens (tertiary/aromatic N) is 2. The van der Waals surface area contributed by atoms with Crippen molar-refractivity contribution in [3.63, 3.8) is 0 Å². The minimum Gasteiger partial charge on any atom is -0.441 e. The first-order valence-corrected chi connectivity index (χ1v) is 12.7. The Morgan fingerprint density at radius 3 is 2.50 bits per heavy atom. The van der Waals surface area contributed by atoms with E-state index in [2.05, 4.69) is 30.2 Å². The molecule has 1 aromatic heterocycles. The number of ether oxygens (including phenoxy) is 1. The zero-order chi connectivity index (χ0) is 24.1. The summed E-state index contributed by atoms with van der Waals surface area (Å²) in [6.07, 6.45) is 2.33. The zero-order valence-corrected chi connectivity index (χ0v) is 20.2. The van der Waals surface area contributed by atoms with Crippen molar-refractivity contribution in [3.05, 3.63) is 71.2 Å². The van der Waals surface area contributed by atoms with Crippen LogP contribution in [0, 0.1) is 13.8 Å². The number of carbonyl (C=O) groups is 1. The number of nitrogens with one attached hydrogen (secondary N) is 1. The second-order valence-electron chi connectivity index (χ2n) is 8.35. The SMILES string of the molecule is Cc1ccc(-c2cnc(CCC(=O)NCc3ccc(S(=O)(=O)N4CCOCC4)cc3)o2)cc1C. The fourth-order valence-corrected chi connectivity index (χ4v) is 5.09. The number of rotatable bonds is 8. The lowest BCUT2D eigenvalue weighted by Gasteiger charge is -2.26. The molecule has 34 heavy (non-hydrogen) atoms. The van der Waals surface area contributed by atoms with Gasteiger partial charge in [-0.15, -0.1) is 0 Å². The highest BCUT2D eigenvalue weighted by molar-refractivity contribution is 7.89. The van der Waals surface area contributed by atoms with Crippen molar-refractivity contribution in [2.75, 3.05) is 26.3 Å². The number of oxazole rings is 1. The summed E-state index contributed by atoms with van der Waals surface area (Å²) in [7, 11) is -3.52. The van der Waals surface area contributed by atoms with Gasteiger partial charge in [-0.3, -0.25) is 4.79 Å². The van der Waals surface area contributed by atoms with Crippen LogP contribution in [0.1, 0.15) is 29.0 Å². The molecule has 1 fully saturated rings. The third-order valence-electron chi connectivity index (χ3n) is 5.93. The summed E-state index contributed by atoms with van der Waals surface area (Å²) in [5.41, 5.74) is 4.18. The highest BCUT2D eigenvalue weighted by Crippen LogP contribution is 2.23. The van der Waals surface area contributed by atoms with Crippen LogP contribution in [-0.2, 0) is 32.5 Å². The van der Waals surface area contributed by atoms with Gasteiger partial charge in [0, 0.05) is 38.0 Å². The molecule has 0 bridgehead atoms. The Labute approximate surface area is 200 Å². The summed E-state index contributed by atoms with van der Waals surface area (Å²) >= 11 is 0. The van der Waals surface area contributed by atoms with Crippen molar-refractivity contribution >= 4 is 15.9 Å². The van der Waals surface area contributed by atoms with Crippen molar-refractivity contribution in [1.82, 2.24) is 14.6 Å². The van der Waals surface area contributed by atoms with Gasteiger partial charge < -0.3 is 14.5 Å². The Bertz CT molecular complexity index is 1250. The van der Waals surface area contributed by atoms with E-state index in [0.717, 1.165) is 11.1 Å². The van der Waals surface area contributed by atoms with Gasteiger partial charge in [-0.25, -0.2) is 13.4 Å². The molecule has 1 saturated heterocycles. The number of sulfonamides is 1. The predicted molar refractivity (Wildman–Crippen MR) is 128 cm³/mol. The van der Waals surface area contributed by atoms with Crippen molar-refractivity contribution < 1.29 is 22.4 Å². The predicted octanol–water partition coefficient (Wildman–Crippen LogP) is 3.23. The van der Waals surface area contributed by atoms with Gasteiger partial charge >= 0.3 is 0 Å². The summed E-state index contributed by atoms with van der Waals surface area (Å²) in [6.45, 7) is 5.96. The summed E-state index contributed by atoms with van der Waals surface area (Å²) < 4.78 is 37.9. The largest absolute Gasteiger partial charge is 0.441 e. The Kier molecular flexibility index (Phi) is 7.45. The average molecular weight is 484 g/mol. The summed E-state index contributed by atoms with van der Waals surface area (Å²) in [6, 6.07) is 12.7. The molecular formula is C25H29N3O5S. The fourth-order valence-electron chi connectivity index (χ4n) is 3.68. The van der Waals surface area contributed by atoms with Crippen molar-refractivity contribution in [2.24, 2.45) is 0 Å². The second kappa shape index (κ2) is 10.5. The first kappa shape index (κ1) is 24.1. The van der Waals surface area contributed by atoms with E-state index in [1.807, 2.05) is 12.1 Å². The van der Waals surface area contributed by atoms with E-state index in [9.17, 15) is 13.2 Å². The van der Waals surface area contributed by atoms with E-state index in [0.29, 0.717) is 50.9 Å². The number of hydrogen-bond donors (Lipinski definition) is 1. The van der Waals surface area contributed by atoms with Crippen LogP contribution >= 0.6 is 0 Å². The van der Waals surface area contributed by atoms with E-state index in [4.69, 9.17) is 9.15 Å². The van der Waals surface area contributed by atoms with E-state index in [1.165, 1.54) is 15.4 Å². The molecule has 0 radical (unpaired) electrons. The lowest BCUT2D eigenvalue weighted by molar-refractivity contribution is -0.121. The van der Waals surface area contributed by atoms with Gasteiger partial charge in [0.05, 0.1) is 24.3 Å². The molecule has 0 spiro atoms. The van der Waals surface area contributed by atoms with Crippen LogP contribution in [0.5, 0.6) is 0 Å². The molecule has 2 heterocycles. The highest BCUT2D eigenvalue weighted by Gasteiger charge is 2.26. The molecule has 0 unspecified atom stereocenters. The van der Waals surface area contributed by atoms with Gasteiger partial charge in [0.25, 0.3) is 0 Å². The minimum absolute atomic E-state index is 0.129. The molecule has 180 valence electrons. The Balaban J connectivity index is 1.26. The molecule has 4 rings (SSSR count). The van der Waals surface area contributed by atoms with Gasteiger partial charge in [0.15, 0.2) is 11.7 Å². The summed E-state index contributed by atoms with van der Waals surface area (Å²) in [5.74, 6) is 1.07. The molecule has 8 nitrogen and oxygen atoms in total. The van der Waals surface area contributed by atoms with Crippen LogP contribution in [0.25, 0.3) is 11.3 Å². The van der Waals surface area contributed by atoms with Gasteiger partial charge in [-0.2, -0.15) is 4.31 Å². The van der Waals surface area contributed by atoms with Crippen molar-refractivity contribution in [2.45, 2.75) is 38.1 Å². The lowest BCUT2D eigenvalue weighted by atomic mass is 10.1. The molecule has 0 saturated carbocycles. The standard InChI is InChI=1S/C25H29N3O5S/c1-18-3-6-21(15-19(18)2)23-17-27-25(33-23)10-9-24(29)26-16-20-4-7-22(8-5-20)34(30,31)28-11-13-32-14-12-28/h3-8,15,17H,9-14,16H2,1-2H3,(H,26,29). The maximum Gasteiger partial charge on any atom is 0.243 e. The molecule has 2 aromatic carbocycles. The zero-order valence-electron chi connectivity index (χ0n) is 19.4. The van der Waals surface area contributed by atoms with E-state index < -0.39 is 10.0 Å². The molecule has 1 aliphatic rings. The number of benzene rings is 2. The third-order valence-corrected chi connectivity index (χ3v) is 7.84. The van der Waals surface area contributed by atoms with Crippen molar-refractivity contribution in [3.8, 4) is 11.3 Å². The monoisotopic (exact) mass is 483 g/mol. The molecular weight excluding hydrogens is 454 g/mol. The maximum absolute atomic E-state index is 12.7. The second-order valence-corrected chi connectivity index (χ2v) is 10.3. The molecule has 1 N–H and O–H groups in total. The quantitative estimate of drug-likeness (QED) is 0.528. The van der Waals surface area contributed by atoms with Crippen LogP contribution in [-0.4, -0.2) is 49.9 Å². The van der Waals surface area contributed by atoms with E-state index in [1.54, 1.807) is 30.5 Å². The van der Waals surface area contributed by atoms with Crippen LogP contribution in [0.15, 0.2) is 58.0 Å². The Hall–Kier alpha value is -3.01. The number of hydrogen-bond acceptors (Lipinski definition) is 6. The van der Waals surface area contributed by atoms with Gasteiger partial charge in [0.2, 0.25) is 15.9 Å². The third kappa shape index (κ3) is 5.72. The van der Waals surface area contributed by atoms with Crippen LogP contribution < -0.4 is 5.32 Å². The number of amides is 1. The molecule has 0 aliphatic carbocycles. The number of morpholine rings is 1. The average Bonchev–Trinajstić information content (AvgIpc) is 3.33. The Morgan fingerprint density at radius 2 is 1.79 bits per heavy atom. The normalized spacial score (nSPS) is 14.8. The number of aryl methyl sites for hydroxylation is 3. The topological polar surface area (TPSA) is 102 Å². The van der Waals surface area contributed by atoms with Crippen LogP contribution in [0.4, 0.5) is 0 Å². The molecule has 3 aromatic rings. The van der Waals surface area contributed by atoms with Crippen LogP contribution in [0.3, 0.4) is 0 Å².